The maximum atomic E-state index is 12.9. The molecular formula is C22H32F2N4O2S. The summed E-state index contributed by atoms with van der Waals surface area (Å²) in [4.78, 5) is 4.32. The van der Waals surface area contributed by atoms with E-state index in [0.717, 1.165) is 36.4 Å². The van der Waals surface area contributed by atoms with Crippen molar-refractivity contribution in [3.05, 3.63) is 33.3 Å². The van der Waals surface area contributed by atoms with Crippen LogP contribution in [-0.4, -0.2) is 56.2 Å². The molecule has 2 atom stereocenters. The summed E-state index contributed by atoms with van der Waals surface area (Å²) in [5.74, 6) is 0. The number of aromatic nitrogens is 3. The van der Waals surface area contributed by atoms with Gasteiger partial charge in [-0.2, -0.15) is 0 Å². The molecule has 31 heavy (non-hydrogen) atoms. The molecule has 1 spiro atoms. The van der Waals surface area contributed by atoms with Crippen LogP contribution in [0.2, 0.25) is 0 Å². The summed E-state index contributed by atoms with van der Waals surface area (Å²) < 4.78 is 33.9. The molecule has 2 aliphatic rings. The Morgan fingerprint density at radius 1 is 1.42 bits per heavy atom. The quantitative estimate of drug-likeness (QED) is 0.690. The van der Waals surface area contributed by atoms with Gasteiger partial charge in [-0.1, -0.05) is 5.21 Å². The summed E-state index contributed by atoms with van der Waals surface area (Å²) in [5, 5.41) is 18.4. The molecule has 2 aliphatic heterocycles. The maximum absolute atomic E-state index is 12.9. The van der Waals surface area contributed by atoms with Crippen LogP contribution in [0.3, 0.4) is 0 Å². The summed E-state index contributed by atoms with van der Waals surface area (Å²) in [7, 11) is 0. The number of nitrogens with zero attached hydrogens (tertiary/aromatic N) is 4. The van der Waals surface area contributed by atoms with Crippen molar-refractivity contribution >= 4 is 11.3 Å². The molecule has 1 N–H and O–H groups in total. The van der Waals surface area contributed by atoms with Crippen molar-refractivity contribution in [2.24, 2.45) is 0 Å². The minimum atomic E-state index is -2.31. The van der Waals surface area contributed by atoms with Gasteiger partial charge in [-0.05, 0) is 58.1 Å². The lowest BCUT2D eigenvalue weighted by Crippen LogP contribution is -2.50. The Labute approximate surface area is 186 Å². The van der Waals surface area contributed by atoms with E-state index in [1.807, 2.05) is 12.3 Å². The van der Waals surface area contributed by atoms with Crippen LogP contribution in [0.4, 0.5) is 8.78 Å². The van der Waals surface area contributed by atoms with E-state index < -0.39 is 12.0 Å². The van der Waals surface area contributed by atoms with Crippen LogP contribution in [-0.2, 0) is 36.3 Å². The number of halogens is 2. The van der Waals surface area contributed by atoms with E-state index in [4.69, 9.17) is 4.74 Å². The van der Waals surface area contributed by atoms with Crippen LogP contribution in [0.25, 0.3) is 0 Å². The molecule has 0 bridgehead atoms. The maximum Gasteiger partial charge on any atom is 0.243 e. The highest BCUT2D eigenvalue weighted by atomic mass is 32.1. The normalized spacial score (nSPS) is 24.8. The van der Waals surface area contributed by atoms with Gasteiger partial charge in [-0.3, -0.25) is 9.58 Å². The van der Waals surface area contributed by atoms with Crippen LogP contribution in [0, 0.1) is 0 Å². The molecule has 0 unspecified atom stereocenters. The minimum Gasteiger partial charge on any atom is -0.390 e. The summed E-state index contributed by atoms with van der Waals surface area (Å²) in [5.41, 5.74) is 1.04. The third-order valence-electron chi connectivity index (χ3n) is 6.33. The zero-order valence-electron chi connectivity index (χ0n) is 18.5. The predicted octanol–water partition coefficient (Wildman–Crippen LogP) is 3.76. The molecule has 172 valence electrons. The number of hydrogen-bond acceptors (Lipinski definition) is 6. The fraction of sp³-hybridized carbons (Fsp3) is 0.727. The lowest BCUT2D eigenvalue weighted by molar-refractivity contribution is -0.110. The van der Waals surface area contributed by atoms with Gasteiger partial charge in [0.25, 0.3) is 0 Å². The van der Waals surface area contributed by atoms with Crippen molar-refractivity contribution in [3.63, 3.8) is 0 Å². The molecule has 0 amide bonds. The SMILES string of the molecule is C[C@H]1C[C@@]2(CCN1Cc1cn(CCC(C)(C)O)nn1)OCCc1cc(CC(F)F)sc12. The van der Waals surface area contributed by atoms with E-state index >= 15 is 0 Å². The van der Waals surface area contributed by atoms with Crippen LogP contribution in [0.5, 0.6) is 0 Å². The summed E-state index contributed by atoms with van der Waals surface area (Å²) in [6, 6.07) is 2.25. The number of fused-ring (bicyclic) bond motifs is 2. The van der Waals surface area contributed by atoms with Gasteiger partial charge in [0.1, 0.15) is 5.60 Å². The number of aliphatic hydroxyl groups is 1. The Balaban J connectivity index is 1.41. The Kier molecular flexibility index (Phi) is 6.49. The minimum absolute atomic E-state index is 0.168. The third-order valence-corrected chi connectivity index (χ3v) is 7.72. The fourth-order valence-corrected chi connectivity index (χ4v) is 6.07. The van der Waals surface area contributed by atoms with Crippen molar-refractivity contribution in [1.29, 1.82) is 0 Å². The molecule has 2 aromatic heterocycles. The monoisotopic (exact) mass is 454 g/mol. The van der Waals surface area contributed by atoms with E-state index in [1.165, 1.54) is 21.8 Å². The highest BCUT2D eigenvalue weighted by Gasteiger charge is 2.45. The first-order chi connectivity index (χ1) is 14.6. The van der Waals surface area contributed by atoms with Crippen molar-refractivity contribution in [3.8, 4) is 0 Å². The molecule has 0 saturated carbocycles. The molecular weight excluding hydrogens is 422 g/mol. The number of thiophene rings is 1. The van der Waals surface area contributed by atoms with Crippen LogP contribution in [0.15, 0.2) is 12.3 Å². The highest BCUT2D eigenvalue weighted by molar-refractivity contribution is 7.12. The molecule has 4 rings (SSSR count). The van der Waals surface area contributed by atoms with Crippen LogP contribution in [0.1, 0.15) is 61.0 Å². The average molecular weight is 455 g/mol. The second kappa shape index (κ2) is 8.84. The lowest BCUT2D eigenvalue weighted by Gasteiger charge is -2.46. The van der Waals surface area contributed by atoms with Crippen molar-refractivity contribution < 1.29 is 18.6 Å². The Hall–Kier alpha value is -1.42. The molecule has 6 nitrogen and oxygen atoms in total. The zero-order chi connectivity index (χ0) is 22.2. The van der Waals surface area contributed by atoms with Gasteiger partial charge in [0.15, 0.2) is 0 Å². The Morgan fingerprint density at radius 2 is 2.23 bits per heavy atom. The van der Waals surface area contributed by atoms with Gasteiger partial charge >= 0.3 is 0 Å². The van der Waals surface area contributed by atoms with Gasteiger partial charge in [0.2, 0.25) is 6.43 Å². The Bertz CT molecular complexity index is 894. The van der Waals surface area contributed by atoms with Crippen molar-refractivity contribution in [1.82, 2.24) is 19.9 Å². The first kappa shape index (κ1) is 22.8. The molecule has 9 heteroatoms. The second-order valence-electron chi connectivity index (χ2n) is 9.56. The average Bonchev–Trinajstić information content (AvgIpc) is 3.29. The lowest BCUT2D eigenvalue weighted by atomic mass is 9.82. The van der Waals surface area contributed by atoms with Gasteiger partial charge in [-0.15, -0.1) is 16.4 Å². The number of likely N-dealkylation sites (tertiary alicyclic amines) is 1. The number of aryl methyl sites for hydroxylation is 1. The van der Waals surface area contributed by atoms with E-state index in [2.05, 4.69) is 22.1 Å². The Morgan fingerprint density at radius 3 is 2.94 bits per heavy atom. The topological polar surface area (TPSA) is 63.4 Å². The van der Waals surface area contributed by atoms with Gasteiger partial charge in [0, 0.05) is 48.0 Å². The number of piperidine rings is 1. The van der Waals surface area contributed by atoms with E-state index in [9.17, 15) is 13.9 Å². The third kappa shape index (κ3) is 5.32. The van der Waals surface area contributed by atoms with Gasteiger partial charge in [0.05, 0.1) is 17.9 Å². The zero-order valence-corrected chi connectivity index (χ0v) is 19.3. The fourth-order valence-electron chi connectivity index (χ4n) is 4.67. The summed E-state index contributed by atoms with van der Waals surface area (Å²) in [6.07, 6.45) is 2.60. The first-order valence-corrected chi connectivity index (χ1v) is 11.8. The number of alkyl halides is 2. The van der Waals surface area contributed by atoms with E-state index in [1.54, 1.807) is 18.5 Å². The first-order valence-electron chi connectivity index (χ1n) is 11.0. The molecule has 2 aromatic rings. The molecule has 4 heterocycles. The second-order valence-corrected chi connectivity index (χ2v) is 10.7. The number of hydrogen-bond donors (Lipinski definition) is 1. The van der Waals surface area contributed by atoms with E-state index in [-0.39, 0.29) is 18.1 Å². The predicted molar refractivity (Wildman–Crippen MR) is 115 cm³/mol. The summed E-state index contributed by atoms with van der Waals surface area (Å²) in [6.45, 7) is 8.64. The molecule has 0 aliphatic carbocycles. The number of ether oxygens (including phenoxy) is 1. The standard InChI is InChI=1S/C22H32F2N4O2S/c1-15-12-22(20-16(4-9-30-22)10-18(31-20)11-19(23)24)6-7-27(15)13-17-14-28(26-25-17)8-5-21(2,3)29/h10,14-15,19,29H,4-9,11-13H2,1-3H3/t15-,22+/m0/s1. The van der Waals surface area contributed by atoms with Crippen LogP contribution >= 0.6 is 11.3 Å². The van der Waals surface area contributed by atoms with E-state index in [0.29, 0.717) is 26.1 Å². The largest absolute Gasteiger partial charge is 0.390 e. The molecule has 0 aromatic carbocycles. The molecule has 0 radical (unpaired) electrons. The molecule has 1 fully saturated rings. The van der Waals surface area contributed by atoms with Crippen molar-refractivity contribution in [2.45, 2.75) is 89.6 Å². The van der Waals surface area contributed by atoms with Gasteiger partial charge in [-0.25, -0.2) is 8.78 Å². The number of rotatable bonds is 7. The summed E-state index contributed by atoms with van der Waals surface area (Å²) >= 11 is 1.52. The van der Waals surface area contributed by atoms with Gasteiger partial charge < -0.3 is 9.84 Å². The molecule has 1 saturated heterocycles. The van der Waals surface area contributed by atoms with Crippen molar-refractivity contribution in [2.75, 3.05) is 13.2 Å². The van der Waals surface area contributed by atoms with Crippen LogP contribution < -0.4 is 0 Å². The smallest absolute Gasteiger partial charge is 0.243 e. The highest BCUT2D eigenvalue weighted by Crippen LogP contribution is 2.47.